The van der Waals surface area contributed by atoms with Crippen LogP contribution in [-0.4, -0.2) is 14.2 Å². The van der Waals surface area contributed by atoms with E-state index in [4.69, 9.17) is 9.47 Å². The highest BCUT2D eigenvalue weighted by molar-refractivity contribution is 5.40. The third-order valence-corrected chi connectivity index (χ3v) is 2.85. The number of ether oxygens (including phenoxy) is 2. The average Bonchev–Trinajstić information content (AvgIpc) is 2.44. The molecule has 0 unspecified atom stereocenters. The molecule has 0 radical (unpaired) electrons. The lowest BCUT2D eigenvalue weighted by molar-refractivity contribution is 0.184. The molecular formula is C16H18FNO2. The molecule has 20 heavy (non-hydrogen) atoms. The Hall–Kier alpha value is -1.91. The number of para-hydroxylation sites is 1. The minimum Gasteiger partial charge on any atom is -0.454 e. The first-order chi connectivity index (χ1) is 9.74. The van der Waals surface area contributed by atoms with E-state index in [0.717, 1.165) is 11.1 Å². The molecule has 4 heteroatoms. The Kier molecular flexibility index (Phi) is 5.09. The van der Waals surface area contributed by atoms with E-state index < -0.39 is 0 Å². The molecule has 0 saturated heterocycles. The van der Waals surface area contributed by atoms with Gasteiger partial charge in [0.25, 0.3) is 0 Å². The fraction of sp³-hybridized carbons (Fsp3) is 0.250. The van der Waals surface area contributed by atoms with E-state index in [-0.39, 0.29) is 11.6 Å². The van der Waals surface area contributed by atoms with Crippen LogP contribution in [0.25, 0.3) is 0 Å². The second-order valence-electron chi connectivity index (χ2n) is 4.44. The van der Waals surface area contributed by atoms with Crippen LogP contribution in [0, 0.1) is 5.82 Å². The van der Waals surface area contributed by atoms with Crippen LogP contribution in [0.15, 0.2) is 42.5 Å². The SMILES string of the molecule is CNCc1cccc(F)c1Oc1cccc(COC)c1. The van der Waals surface area contributed by atoms with E-state index in [1.54, 1.807) is 19.2 Å². The van der Waals surface area contributed by atoms with Gasteiger partial charge in [0, 0.05) is 19.2 Å². The van der Waals surface area contributed by atoms with Crippen molar-refractivity contribution < 1.29 is 13.9 Å². The van der Waals surface area contributed by atoms with E-state index in [9.17, 15) is 4.39 Å². The quantitative estimate of drug-likeness (QED) is 0.875. The predicted molar refractivity (Wildman–Crippen MR) is 76.4 cm³/mol. The predicted octanol–water partition coefficient (Wildman–Crippen LogP) is 3.48. The lowest BCUT2D eigenvalue weighted by Gasteiger charge is -2.12. The van der Waals surface area contributed by atoms with Crippen LogP contribution >= 0.6 is 0 Å². The third kappa shape index (κ3) is 3.56. The Balaban J connectivity index is 2.27. The van der Waals surface area contributed by atoms with E-state index >= 15 is 0 Å². The molecular weight excluding hydrogens is 257 g/mol. The molecule has 106 valence electrons. The molecule has 0 aliphatic rings. The van der Waals surface area contributed by atoms with Crippen LogP contribution in [0.2, 0.25) is 0 Å². The highest BCUT2D eigenvalue weighted by Gasteiger charge is 2.10. The number of halogens is 1. The first kappa shape index (κ1) is 14.5. The van der Waals surface area contributed by atoms with Crippen molar-refractivity contribution in [2.45, 2.75) is 13.2 Å². The standard InChI is InChI=1S/C16H18FNO2/c1-18-10-13-6-4-8-15(17)16(13)20-14-7-3-5-12(9-14)11-19-2/h3-9,18H,10-11H2,1-2H3. The highest BCUT2D eigenvalue weighted by atomic mass is 19.1. The van der Waals surface area contributed by atoms with Gasteiger partial charge in [-0.3, -0.25) is 0 Å². The smallest absolute Gasteiger partial charge is 0.167 e. The normalized spacial score (nSPS) is 10.6. The zero-order chi connectivity index (χ0) is 14.4. The van der Waals surface area contributed by atoms with Gasteiger partial charge in [-0.15, -0.1) is 0 Å². The second kappa shape index (κ2) is 7.03. The molecule has 0 aliphatic heterocycles. The van der Waals surface area contributed by atoms with E-state index in [1.165, 1.54) is 6.07 Å². The monoisotopic (exact) mass is 275 g/mol. The van der Waals surface area contributed by atoms with Crippen LogP contribution in [0.3, 0.4) is 0 Å². The van der Waals surface area contributed by atoms with Crippen LogP contribution in [0.4, 0.5) is 4.39 Å². The maximum absolute atomic E-state index is 13.9. The maximum atomic E-state index is 13.9. The van der Waals surface area contributed by atoms with Crippen molar-refractivity contribution in [2.24, 2.45) is 0 Å². The van der Waals surface area contributed by atoms with Crippen molar-refractivity contribution in [3.63, 3.8) is 0 Å². The summed E-state index contributed by atoms with van der Waals surface area (Å²) in [6.45, 7) is 1.04. The molecule has 2 rings (SSSR count). The van der Waals surface area contributed by atoms with Crippen LogP contribution in [0.5, 0.6) is 11.5 Å². The van der Waals surface area contributed by atoms with Crippen LogP contribution < -0.4 is 10.1 Å². The Morgan fingerprint density at radius 1 is 1.15 bits per heavy atom. The first-order valence-corrected chi connectivity index (χ1v) is 6.42. The molecule has 1 N–H and O–H groups in total. The van der Waals surface area contributed by atoms with Crippen molar-refractivity contribution in [3.8, 4) is 11.5 Å². The second-order valence-corrected chi connectivity index (χ2v) is 4.44. The molecule has 0 aromatic heterocycles. The topological polar surface area (TPSA) is 30.5 Å². The molecule has 0 bridgehead atoms. The molecule has 2 aromatic carbocycles. The molecule has 0 saturated carbocycles. The molecule has 0 spiro atoms. The Morgan fingerprint density at radius 3 is 2.70 bits per heavy atom. The lowest BCUT2D eigenvalue weighted by Crippen LogP contribution is -2.07. The number of rotatable bonds is 6. The van der Waals surface area contributed by atoms with Crippen molar-refractivity contribution in [2.75, 3.05) is 14.2 Å². The molecule has 2 aromatic rings. The highest BCUT2D eigenvalue weighted by Crippen LogP contribution is 2.29. The van der Waals surface area contributed by atoms with Crippen molar-refractivity contribution in [1.29, 1.82) is 0 Å². The fourth-order valence-corrected chi connectivity index (χ4v) is 1.98. The van der Waals surface area contributed by atoms with Gasteiger partial charge in [0.15, 0.2) is 11.6 Å². The molecule has 0 amide bonds. The molecule has 0 aliphatic carbocycles. The van der Waals surface area contributed by atoms with Gasteiger partial charge in [-0.05, 0) is 30.8 Å². The summed E-state index contributed by atoms with van der Waals surface area (Å²) in [4.78, 5) is 0. The summed E-state index contributed by atoms with van der Waals surface area (Å²) < 4.78 is 24.7. The number of nitrogens with one attached hydrogen (secondary N) is 1. The third-order valence-electron chi connectivity index (χ3n) is 2.85. The maximum Gasteiger partial charge on any atom is 0.167 e. The first-order valence-electron chi connectivity index (χ1n) is 6.42. The number of hydrogen-bond acceptors (Lipinski definition) is 3. The zero-order valence-corrected chi connectivity index (χ0v) is 11.7. The fourth-order valence-electron chi connectivity index (χ4n) is 1.98. The molecule has 3 nitrogen and oxygen atoms in total. The largest absolute Gasteiger partial charge is 0.454 e. The summed E-state index contributed by atoms with van der Waals surface area (Å²) >= 11 is 0. The summed E-state index contributed by atoms with van der Waals surface area (Å²) in [7, 11) is 3.45. The van der Waals surface area contributed by atoms with Crippen molar-refractivity contribution >= 4 is 0 Å². The number of hydrogen-bond donors (Lipinski definition) is 1. The van der Waals surface area contributed by atoms with E-state index in [2.05, 4.69) is 5.32 Å². The van der Waals surface area contributed by atoms with Gasteiger partial charge in [-0.25, -0.2) is 4.39 Å². The summed E-state index contributed by atoms with van der Waals surface area (Å²) in [5.74, 6) is 0.494. The average molecular weight is 275 g/mol. The Labute approximate surface area is 118 Å². The summed E-state index contributed by atoms with van der Waals surface area (Å²) in [6, 6.07) is 12.4. The van der Waals surface area contributed by atoms with E-state index in [1.807, 2.05) is 31.3 Å². The summed E-state index contributed by atoms with van der Waals surface area (Å²) in [5.41, 5.74) is 1.76. The Morgan fingerprint density at radius 2 is 1.95 bits per heavy atom. The van der Waals surface area contributed by atoms with Gasteiger partial charge in [-0.1, -0.05) is 24.3 Å². The van der Waals surface area contributed by atoms with E-state index in [0.29, 0.717) is 18.9 Å². The van der Waals surface area contributed by atoms with Crippen molar-refractivity contribution in [1.82, 2.24) is 5.32 Å². The summed E-state index contributed by atoms with van der Waals surface area (Å²) in [5, 5.41) is 3.00. The Bertz CT molecular complexity index is 572. The van der Waals surface area contributed by atoms with Gasteiger partial charge in [-0.2, -0.15) is 0 Å². The molecule has 0 fully saturated rings. The lowest BCUT2D eigenvalue weighted by atomic mass is 10.2. The van der Waals surface area contributed by atoms with Gasteiger partial charge in [0.1, 0.15) is 5.75 Å². The van der Waals surface area contributed by atoms with Gasteiger partial charge >= 0.3 is 0 Å². The minimum absolute atomic E-state index is 0.261. The van der Waals surface area contributed by atoms with Gasteiger partial charge in [0.05, 0.1) is 6.61 Å². The van der Waals surface area contributed by atoms with Gasteiger partial charge in [0.2, 0.25) is 0 Å². The molecule has 0 atom stereocenters. The minimum atomic E-state index is -0.366. The number of benzene rings is 2. The molecule has 0 heterocycles. The van der Waals surface area contributed by atoms with Crippen LogP contribution in [-0.2, 0) is 17.9 Å². The zero-order valence-electron chi connectivity index (χ0n) is 11.7. The number of methoxy groups -OCH3 is 1. The van der Waals surface area contributed by atoms with Crippen molar-refractivity contribution in [3.05, 3.63) is 59.4 Å². The van der Waals surface area contributed by atoms with Crippen LogP contribution in [0.1, 0.15) is 11.1 Å². The van der Waals surface area contributed by atoms with Gasteiger partial charge < -0.3 is 14.8 Å². The summed E-state index contributed by atoms with van der Waals surface area (Å²) in [6.07, 6.45) is 0.